The Bertz CT molecular complexity index is 635. The summed E-state index contributed by atoms with van der Waals surface area (Å²) in [6.07, 6.45) is 0. The van der Waals surface area contributed by atoms with Crippen molar-refractivity contribution in [1.29, 1.82) is 0 Å². The largest absolute Gasteiger partial charge is 0.402 e. The molecule has 0 radical (unpaired) electrons. The molecule has 1 aliphatic heterocycles. The molecule has 1 aliphatic rings. The molecular weight excluding hydrogens is 246 g/mol. The number of nitrogens with zero attached hydrogens (tertiary/aromatic N) is 1. The third-order valence-electron chi connectivity index (χ3n) is 4.14. The van der Waals surface area contributed by atoms with Gasteiger partial charge in [0.05, 0.1) is 0 Å². The molecule has 1 saturated heterocycles. The summed E-state index contributed by atoms with van der Waals surface area (Å²) in [5.74, 6) is 0.218. The van der Waals surface area contributed by atoms with E-state index in [9.17, 15) is 0 Å². The number of benzene rings is 2. The van der Waals surface area contributed by atoms with Gasteiger partial charge in [-0.1, -0.05) is 43.0 Å². The molecule has 0 aromatic heterocycles. The minimum absolute atomic E-state index is 0.105. The summed E-state index contributed by atoms with van der Waals surface area (Å²) in [7, 11) is 0. The first-order chi connectivity index (χ1) is 9.63. The molecule has 0 aliphatic carbocycles. The summed E-state index contributed by atoms with van der Waals surface area (Å²) in [5, 5.41) is 2.57. The Labute approximate surface area is 119 Å². The highest BCUT2D eigenvalue weighted by atomic mass is 15.2. The molecule has 0 spiro atoms. The summed E-state index contributed by atoms with van der Waals surface area (Å²) in [5.41, 5.74) is 14.0. The second-order valence-electron chi connectivity index (χ2n) is 5.72. The Morgan fingerprint density at radius 1 is 1.15 bits per heavy atom. The molecule has 0 saturated carbocycles. The lowest BCUT2D eigenvalue weighted by molar-refractivity contribution is 0.320. The fraction of sp³-hybridized carbons (Fsp3) is 0.294. The number of fused-ring (bicyclic) bond motifs is 1. The fourth-order valence-electron chi connectivity index (χ4n) is 3.03. The number of hydrogen-bond acceptors (Lipinski definition) is 3. The van der Waals surface area contributed by atoms with Gasteiger partial charge in [0.15, 0.2) is 0 Å². The molecule has 2 unspecified atom stereocenters. The van der Waals surface area contributed by atoms with E-state index >= 15 is 0 Å². The van der Waals surface area contributed by atoms with Crippen LogP contribution in [0.1, 0.15) is 5.56 Å². The van der Waals surface area contributed by atoms with Crippen LogP contribution in [0, 0.1) is 5.92 Å². The molecule has 0 amide bonds. The van der Waals surface area contributed by atoms with E-state index in [1.165, 1.54) is 16.3 Å². The van der Waals surface area contributed by atoms with E-state index in [1.807, 2.05) is 0 Å². The quantitative estimate of drug-likeness (QED) is 0.895. The predicted molar refractivity (Wildman–Crippen MR) is 84.0 cm³/mol. The van der Waals surface area contributed by atoms with Crippen molar-refractivity contribution >= 4 is 10.8 Å². The Morgan fingerprint density at radius 2 is 1.90 bits per heavy atom. The first-order valence-electron chi connectivity index (χ1n) is 7.03. The normalized spacial score (nSPS) is 23.2. The van der Waals surface area contributed by atoms with Gasteiger partial charge in [0.25, 0.3) is 0 Å². The average molecular weight is 267 g/mol. The fourth-order valence-corrected chi connectivity index (χ4v) is 3.03. The van der Waals surface area contributed by atoms with Crippen molar-refractivity contribution in [2.45, 2.75) is 12.6 Å². The van der Waals surface area contributed by atoms with E-state index in [4.69, 9.17) is 11.5 Å². The zero-order chi connectivity index (χ0) is 14.1. The summed E-state index contributed by atoms with van der Waals surface area (Å²) < 4.78 is 0. The summed E-state index contributed by atoms with van der Waals surface area (Å²) in [6, 6.07) is 15.2. The molecule has 20 heavy (non-hydrogen) atoms. The third kappa shape index (κ3) is 2.55. The lowest BCUT2D eigenvalue weighted by Gasteiger charge is -2.16. The van der Waals surface area contributed by atoms with Crippen LogP contribution < -0.4 is 11.5 Å². The molecule has 3 rings (SSSR count). The zero-order valence-corrected chi connectivity index (χ0v) is 11.6. The smallest absolute Gasteiger partial charge is 0.0270 e. The van der Waals surface area contributed by atoms with Gasteiger partial charge in [0.1, 0.15) is 0 Å². The Kier molecular flexibility index (Phi) is 3.47. The van der Waals surface area contributed by atoms with Crippen LogP contribution in [-0.2, 0) is 6.54 Å². The van der Waals surface area contributed by atoms with Crippen molar-refractivity contribution in [1.82, 2.24) is 4.90 Å². The van der Waals surface area contributed by atoms with Crippen molar-refractivity contribution in [2.24, 2.45) is 17.4 Å². The lowest BCUT2D eigenvalue weighted by atomic mass is 10.0. The average Bonchev–Trinajstić information content (AvgIpc) is 2.79. The summed E-state index contributed by atoms with van der Waals surface area (Å²) in [4.78, 5) is 2.36. The van der Waals surface area contributed by atoms with Gasteiger partial charge in [-0.25, -0.2) is 0 Å². The maximum absolute atomic E-state index is 6.13. The Hall–Kier alpha value is -1.84. The SMILES string of the molecule is C=C(N)C1CN(Cc2ccc3ccccc3c2)CC1N. The molecule has 2 aromatic rings. The topological polar surface area (TPSA) is 55.3 Å². The second kappa shape index (κ2) is 5.27. The molecule has 4 N–H and O–H groups in total. The van der Waals surface area contributed by atoms with Crippen LogP contribution in [0.5, 0.6) is 0 Å². The summed E-state index contributed by atoms with van der Waals surface area (Å²) >= 11 is 0. The lowest BCUT2D eigenvalue weighted by Crippen LogP contribution is -2.32. The van der Waals surface area contributed by atoms with Crippen LogP contribution >= 0.6 is 0 Å². The van der Waals surface area contributed by atoms with Gasteiger partial charge in [-0.05, 0) is 22.4 Å². The highest BCUT2D eigenvalue weighted by Gasteiger charge is 2.30. The van der Waals surface area contributed by atoms with Crippen LogP contribution in [0.2, 0.25) is 0 Å². The Balaban J connectivity index is 1.75. The van der Waals surface area contributed by atoms with Crippen LogP contribution in [0.4, 0.5) is 0 Å². The predicted octanol–water partition coefficient (Wildman–Crippen LogP) is 2.07. The summed E-state index contributed by atoms with van der Waals surface area (Å²) in [6.45, 7) is 6.55. The van der Waals surface area contributed by atoms with Crippen molar-refractivity contribution < 1.29 is 0 Å². The van der Waals surface area contributed by atoms with Crippen molar-refractivity contribution in [3.8, 4) is 0 Å². The second-order valence-corrected chi connectivity index (χ2v) is 5.72. The Morgan fingerprint density at radius 3 is 2.60 bits per heavy atom. The first-order valence-corrected chi connectivity index (χ1v) is 7.03. The van der Waals surface area contributed by atoms with Crippen molar-refractivity contribution in [2.75, 3.05) is 13.1 Å². The zero-order valence-electron chi connectivity index (χ0n) is 11.6. The number of nitrogens with two attached hydrogens (primary N) is 2. The van der Waals surface area contributed by atoms with E-state index in [0.29, 0.717) is 5.70 Å². The van der Waals surface area contributed by atoms with Crippen LogP contribution in [0.25, 0.3) is 10.8 Å². The molecule has 3 heteroatoms. The number of hydrogen-bond donors (Lipinski definition) is 2. The minimum atomic E-state index is 0.105. The van der Waals surface area contributed by atoms with E-state index in [0.717, 1.165) is 19.6 Å². The maximum atomic E-state index is 6.13. The molecular formula is C17H21N3. The van der Waals surface area contributed by atoms with Gasteiger partial charge in [0, 0.05) is 37.3 Å². The molecule has 104 valence electrons. The first kappa shape index (κ1) is 13.2. The van der Waals surface area contributed by atoms with E-state index < -0.39 is 0 Å². The molecule has 2 atom stereocenters. The molecule has 0 bridgehead atoms. The van der Waals surface area contributed by atoms with Crippen LogP contribution in [0.15, 0.2) is 54.7 Å². The molecule has 3 nitrogen and oxygen atoms in total. The van der Waals surface area contributed by atoms with E-state index in [-0.39, 0.29) is 12.0 Å². The highest BCUT2D eigenvalue weighted by Crippen LogP contribution is 2.22. The molecule has 1 heterocycles. The molecule has 1 fully saturated rings. The van der Waals surface area contributed by atoms with Crippen LogP contribution in [-0.4, -0.2) is 24.0 Å². The van der Waals surface area contributed by atoms with E-state index in [2.05, 4.69) is 53.9 Å². The maximum Gasteiger partial charge on any atom is 0.0270 e. The minimum Gasteiger partial charge on any atom is -0.402 e. The standard InChI is InChI=1S/C17H21N3/c1-12(18)16-10-20(11-17(16)19)9-13-6-7-14-4-2-3-5-15(14)8-13/h2-8,16-17H,1,9-11,18-19H2. The van der Waals surface area contributed by atoms with Gasteiger partial charge in [-0.3, -0.25) is 4.90 Å². The third-order valence-corrected chi connectivity index (χ3v) is 4.14. The number of rotatable bonds is 3. The van der Waals surface area contributed by atoms with Gasteiger partial charge in [-0.2, -0.15) is 0 Å². The van der Waals surface area contributed by atoms with Crippen LogP contribution in [0.3, 0.4) is 0 Å². The molecule has 2 aromatic carbocycles. The highest BCUT2D eigenvalue weighted by molar-refractivity contribution is 5.82. The monoisotopic (exact) mass is 267 g/mol. The number of likely N-dealkylation sites (tertiary alicyclic amines) is 1. The van der Waals surface area contributed by atoms with E-state index in [1.54, 1.807) is 0 Å². The van der Waals surface area contributed by atoms with Gasteiger partial charge in [0.2, 0.25) is 0 Å². The van der Waals surface area contributed by atoms with Crippen molar-refractivity contribution in [3.63, 3.8) is 0 Å². The van der Waals surface area contributed by atoms with Gasteiger partial charge < -0.3 is 11.5 Å². The van der Waals surface area contributed by atoms with Gasteiger partial charge in [-0.15, -0.1) is 0 Å². The van der Waals surface area contributed by atoms with Crippen molar-refractivity contribution in [3.05, 3.63) is 60.3 Å². The van der Waals surface area contributed by atoms with Gasteiger partial charge >= 0.3 is 0 Å².